The van der Waals surface area contributed by atoms with Crippen LogP contribution < -0.4 is 5.32 Å². The van der Waals surface area contributed by atoms with Gasteiger partial charge in [0.2, 0.25) is 5.91 Å². The number of nitrogens with one attached hydrogen (secondary N) is 1. The van der Waals surface area contributed by atoms with Crippen LogP contribution in [0.4, 0.5) is 5.69 Å². The summed E-state index contributed by atoms with van der Waals surface area (Å²) in [6, 6.07) is 15.5. The highest BCUT2D eigenvalue weighted by molar-refractivity contribution is 5.96. The fourth-order valence-electron chi connectivity index (χ4n) is 2.06. The van der Waals surface area contributed by atoms with Crippen molar-refractivity contribution in [2.45, 2.75) is 19.8 Å². The van der Waals surface area contributed by atoms with Crippen LogP contribution in [0.2, 0.25) is 0 Å². The molecule has 0 radical (unpaired) electrons. The maximum atomic E-state index is 11.8. The van der Waals surface area contributed by atoms with Crippen LogP contribution in [0.3, 0.4) is 0 Å². The maximum absolute atomic E-state index is 11.8. The molecule has 108 valence electrons. The predicted octanol–water partition coefficient (Wildman–Crippen LogP) is 3.47. The molecule has 2 aromatic rings. The smallest absolute Gasteiger partial charge is 0.303 e. The van der Waals surface area contributed by atoms with Gasteiger partial charge in [0.1, 0.15) is 0 Å². The summed E-state index contributed by atoms with van der Waals surface area (Å²) in [5.74, 6) is -1.27. The molecule has 0 spiro atoms. The minimum atomic E-state index is -0.975. The second kappa shape index (κ2) is 6.70. The lowest BCUT2D eigenvalue weighted by molar-refractivity contribution is -0.138. The number of amides is 1. The van der Waals surface area contributed by atoms with E-state index in [1.807, 2.05) is 55.5 Å². The van der Waals surface area contributed by atoms with Gasteiger partial charge in [-0.3, -0.25) is 9.59 Å². The minimum absolute atomic E-state index is 0.0303. The molecule has 1 amide bonds. The molecule has 0 unspecified atom stereocenters. The Hall–Kier alpha value is -2.62. The van der Waals surface area contributed by atoms with Gasteiger partial charge in [-0.05, 0) is 24.6 Å². The second-order valence-corrected chi connectivity index (χ2v) is 4.86. The molecule has 4 heteroatoms. The molecule has 21 heavy (non-hydrogen) atoms. The summed E-state index contributed by atoms with van der Waals surface area (Å²) < 4.78 is 0. The lowest BCUT2D eigenvalue weighted by Gasteiger charge is -2.12. The van der Waals surface area contributed by atoms with Crippen molar-refractivity contribution in [3.8, 4) is 11.1 Å². The molecule has 0 heterocycles. The van der Waals surface area contributed by atoms with Crippen LogP contribution in [-0.2, 0) is 9.59 Å². The summed E-state index contributed by atoms with van der Waals surface area (Å²) in [4.78, 5) is 22.3. The molecule has 0 bridgehead atoms. The summed E-state index contributed by atoms with van der Waals surface area (Å²) in [5.41, 5.74) is 3.73. The average Bonchev–Trinajstić information content (AvgIpc) is 2.48. The van der Waals surface area contributed by atoms with Crippen molar-refractivity contribution < 1.29 is 14.7 Å². The van der Waals surface area contributed by atoms with Gasteiger partial charge in [0.05, 0.1) is 6.42 Å². The molecule has 2 rings (SSSR count). The van der Waals surface area contributed by atoms with Crippen molar-refractivity contribution in [1.29, 1.82) is 0 Å². The topological polar surface area (TPSA) is 66.4 Å². The molecule has 0 fully saturated rings. The second-order valence-electron chi connectivity index (χ2n) is 4.86. The quantitative estimate of drug-likeness (QED) is 0.883. The van der Waals surface area contributed by atoms with Crippen molar-refractivity contribution in [2.75, 3.05) is 5.32 Å². The number of carboxylic acid groups (broad SMARTS) is 1. The molecular weight excluding hydrogens is 266 g/mol. The van der Waals surface area contributed by atoms with Crippen LogP contribution in [0.15, 0.2) is 48.5 Å². The Kier molecular flexibility index (Phi) is 4.72. The first-order valence-corrected chi connectivity index (χ1v) is 6.74. The van der Waals surface area contributed by atoms with E-state index < -0.39 is 5.97 Å². The Morgan fingerprint density at radius 1 is 1.05 bits per heavy atom. The summed E-state index contributed by atoms with van der Waals surface area (Å²) in [6.45, 7) is 1.99. The number of carbonyl (C=O) groups excluding carboxylic acids is 1. The largest absolute Gasteiger partial charge is 0.481 e. The molecule has 0 aromatic heterocycles. The van der Waals surface area contributed by atoms with E-state index in [2.05, 4.69) is 5.32 Å². The first kappa shape index (κ1) is 14.8. The van der Waals surface area contributed by atoms with Crippen LogP contribution in [0, 0.1) is 6.92 Å². The lowest BCUT2D eigenvalue weighted by Crippen LogP contribution is -2.13. The standard InChI is InChI=1S/C17H17NO3/c1-12-7-8-15(18-16(19)9-10-17(20)21)14(11-12)13-5-3-2-4-6-13/h2-8,11H,9-10H2,1H3,(H,18,19)(H,20,21). The van der Waals surface area contributed by atoms with Gasteiger partial charge in [-0.1, -0.05) is 42.0 Å². The fourth-order valence-corrected chi connectivity index (χ4v) is 2.06. The monoisotopic (exact) mass is 283 g/mol. The van der Waals surface area contributed by atoms with E-state index >= 15 is 0 Å². The van der Waals surface area contributed by atoms with Gasteiger partial charge in [0.25, 0.3) is 0 Å². The van der Waals surface area contributed by atoms with E-state index in [4.69, 9.17) is 5.11 Å². The summed E-state index contributed by atoms with van der Waals surface area (Å²) >= 11 is 0. The molecule has 0 saturated heterocycles. The number of carbonyl (C=O) groups is 2. The Balaban J connectivity index is 2.24. The molecule has 0 aliphatic rings. The Morgan fingerprint density at radius 2 is 1.76 bits per heavy atom. The first-order chi connectivity index (χ1) is 10.1. The number of aliphatic carboxylic acids is 1. The first-order valence-electron chi connectivity index (χ1n) is 6.74. The van der Waals surface area contributed by atoms with Crippen molar-refractivity contribution in [2.24, 2.45) is 0 Å². The van der Waals surface area contributed by atoms with Crippen LogP contribution in [0.5, 0.6) is 0 Å². The van der Waals surface area contributed by atoms with Gasteiger partial charge in [-0.15, -0.1) is 0 Å². The van der Waals surface area contributed by atoms with E-state index in [0.717, 1.165) is 16.7 Å². The molecule has 2 N–H and O–H groups in total. The van der Waals surface area contributed by atoms with Gasteiger partial charge in [-0.25, -0.2) is 0 Å². The number of benzene rings is 2. The average molecular weight is 283 g/mol. The predicted molar refractivity (Wildman–Crippen MR) is 82.1 cm³/mol. The van der Waals surface area contributed by atoms with E-state index in [1.54, 1.807) is 0 Å². The van der Waals surface area contributed by atoms with Gasteiger partial charge >= 0.3 is 5.97 Å². The number of anilines is 1. The fraction of sp³-hybridized carbons (Fsp3) is 0.176. The summed E-state index contributed by atoms with van der Waals surface area (Å²) in [7, 11) is 0. The van der Waals surface area contributed by atoms with Gasteiger partial charge < -0.3 is 10.4 Å². The van der Waals surface area contributed by atoms with E-state index in [0.29, 0.717) is 5.69 Å². The molecular formula is C17H17NO3. The van der Waals surface area contributed by atoms with Gasteiger partial charge in [0, 0.05) is 17.7 Å². The third kappa shape index (κ3) is 4.18. The SMILES string of the molecule is Cc1ccc(NC(=O)CCC(=O)O)c(-c2ccccc2)c1. The zero-order valence-corrected chi connectivity index (χ0v) is 11.8. The third-order valence-electron chi connectivity index (χ3n) is 3.10. The van der Waals surface area contributed by atoms with Crippen molar-refractivity contribution in [1.82, 2.24) is 0 Å². The minimum Gasteiger partial charge on any atom is -0.481 e. The van der Waals surface area contributed by atoms with Gasteiger partial charge in [0.15, 0.2) is 0 Å². The number of rotatable bonds is 5. The summed E-state index contributed by atoms with van der Waals surface area (Å²) in [6.07, 6.45) is -0.199. The highest BCUT2D eigenvalue weighted by atomic mass is 16.4. The molecule has 0 aliphatic carbocycles. The zero-order chi connectivity index (χ0) is 15.2. The lowest BCUT2D eigenvalue weighted by atomic mass is 10.0. The van der Waals surface area contributed by atoms with Crippen LogP contribution in [0.25, 0.3) is 11.1 Å². The highest BCUT2D eigenvalue weighted by Gasteiger charge is 2.10. The van der Waals surface area contributed by atoms with Crippen LogP contribution in [-0.4, -0.2) is 17.0 Å². The van der Waals surface area contributed by atoms with Crippen LogP contribution >= 0.6 is 0 Å². The van der Waals surface area contributed by atoms with E-state index in [-0.39, 0.29) is 18.7 Å². The Labute approximate surface area is 123 Å². The Bertz CT molecular complexity index is 650. The summed E-state index contributed by atoms with van der Waals surface area (Å²) in [5, 5.41) is 11.4. The number of hydrogen-bond acceptors (Lipinski definition) is 2. The van der Waals surface area contributed by atoms with E-state index in [9.17, 15) is 9.59 Å². The molecule has 2 aromatic carbocycles. The van der Waals surface area contributed by atoms with Crippen LogP contribution in [0.1, 0.15) is 18.4 Å². The Morgan fingerprint density at radius 3 is 2.43 bits per heavy atom. The van der Waals surface area contributed by atoms with Crippen molar-refractivity contribution in [3.05, 3.63) is 54.1 Å². The third-order valence-corrected chi connectivity index (χ3v) is 3.10. The molecule has 0 aliphatic heterocycles. The number of hydrogen-bond donors (Lipinski definition) is 2. The van der Waals surface area contributed by atoms with Gasteiger partial charge in [-0.2, -0.15) is 0 Å². The van der Waals surface area contributed by atoms with Crippen molar-refractivity contribution in [3.63, 3.8) is 0 Å². The molecule has 0 atom stereocenters. The maximum Gasteiger partial charge on any atom is 0.303 e. The highest BCUT2D eigenvalue weighted by Crippen LogP contribution is 2.29. The van der Waals surface area contributed by atoms with E-state index in [1.165, 1.54) is 0 Å². The normalized spacial score (nSPS) is 10.1. The van der Waals surface area contributed by atoms with Crippen molar-refractivity contribution >= 4 is 17.6 Å². The zero-order valence-electron chi connectivity index (χ0n) is 11.8. The molecule has 0 saturated carbocycles. The molecule has 4 nitrogen and oxygen atoms in total. The number of aryl methyl sites for hydroxylation is 1. The number of carboxylic acids is 1.